The largest absolute Gasteiger partial charge is 0.444 e. The summed E-state index contributed by atoms with van der Waals surface area (Å²) in [5.41, 5.74) is 4.93. The summed E-state index contributed by atoms with van der Waals surface area (Å²) in [5, 5.41) is 7.21. The Morgan fingerprint density at radius 3 is 2.39 bits per heavy atom. The zero-order valence-electron chi connectivity index (χ0n) is 11.7. The summed E-state index contributed by atoms with van der Waals surface area (Å²) < 4.78 is 5.34. The van der Waals surface area contributed by atoms with Crippen molar-refractivity contribution < 1.29 is 9.53 Å². The van der Waals surface area contributed by atoms with Crippen LogP contribution in [0.5, 0.6) is 0 Å². The van der Waals surface area contributed by atoms with E-state index in [-0.39, 0.29) is 11.9 Å². The number of carbonyl (C=O) groups is 1. The summed E-state index contributed by atoms with van der Waals surface area (Å²) >= 11 is 0. The summed E-state index contributed by atoms with van der Waals surface area (Å²) in [6, 6.07) is 0. The minimum Gasteiger partial charge on any atom is -0.444 e. The van der Waals surface area contributed by atoms with E-state index in [1.54, 1.807) is 4.90 Å². The van der Waals surface area contributed by atoms with Gasteiger partial charge in [-0.2, -0.15) is 0 Å². The molecule has 1 rings (SSSR count). The van der Waals surface area contributed by atoms with Crippen molar-refractivity contribution in [3.05, 3.63) is 0 Å². The standard InChI is InChI=1S/C13H25N3O2/c1-13(2,3)18-12(17)16-8-6-10(7-9-16)4-5-11(14)15/h10H,4-9H2,1-3H3,(H3,14,15). The van der Waals surface area contributed by atoms with Gasteiger partial charge >= 0.3 is 6.09 Å². The van der Waals surface area contributed by atoms with E-state index in [1.807, 2.05) is 20.8 Å². The van der Waals surface area contributed by atoms with E-state index in [4.69, 9.17) is 15.9 Å². The summed E-state index contributed by atoms with van der Waals surface area (Å²) in [6.07, 6.45) is 3.36. The molecule has 0 aromatic carbocycles. The number of amidine groups is 1. The Bertz CT molecular complexity index is 302. The lowest BCUT2D eigenvalue weighted by Crippen LogP contribution is -2.41. The van der Waals surface area contributed by atoms with Crippen molar-refractivity contribution in [2.24, 2.45) is 11.7 Å². The van der Waals surface area contributed by atoms with Crippen LogP contribution in [0.4, 0.5) is 4.79 Å². The number of nitrogens with one attached hydrogen (secondary N) is 1. The lowest BCUT2D eigenvalue weighted by Gasteiger charge is -2.33. The van der Waals surface area contributed by atoms with Crippen LogP contribution >= 0.6 is 0 Å². The molecular formula is C13H25N3O2. The average Bonchev–Trinajstić information content (AvgIpc) is 2.24. The van der Waals surface area contributed by atoms with Gasteiger partial charge in [-0.3, -0.25) is 5.41 Å². The molecule has 0 aromatic rings. The molecule has 0 unspecified atom stereocenters. The van der Waals surface area contributed by atoms with Crippen LogP contribution in [0.15, 0.2) is 0 Å². The van der Waals surface area contributed by atoms with Crippen molar-refractivity contribution in [2.75, 3.05) is 13.1 Å². The third-order valence-electron chi connectivity index (χ3n) is 3.09. The Labute approximate surface area is 109 Å². The normalized spacial score (nSPS) is 17.6. The van der Waals surface area contributed by atoms with Crippen molar-refractivity contribution in [2.45, 2.75) is 52.1 Å². The van der Waals surface area contributed by atoms with Crippen LogP contribution in [0.25, 0.3) is 0 Å². The monoisotopic (exact) mass is 255 g/mol. The second-order valence-electron chi connectivity index (χ2n) is 5.97. The van der Waals surface area contributed by atoms with Gasteiger partial charge in [-0.1, -0.05) is 0 Å². The fourth-order valence-corrected chi connectivity index (χ4v) is 2.09. The zero-order valence-corrected chi connectivity index (χ0v) is 11.7. The number of nitrogens with zero attached hydrogens (tertiary/aromatic N) is 1. The van der Waals surface area contributed by atoms with Crippen molar-refractivity contribution in [3.8, 4) is 0 Å². The minimum atomic E-state index is -0.428. The zero-order chi connectivity index (χ0) is 13.8. The molecule has 0 radical (unpaired) electrons. The van der Waals surface area contributed by atoms with Crippen molar-refractivity contribution in [1.82, 2.24) is 4.90 Å². The summed E-state index contributed by atoms with van der Waals surface area (Å²) in [7, 11) is 0. The van der Waals surface area contributed by atoms with Gasteiger partial charge in [0.05, 0.1) is 5.84 Å². The number of piperidine rings is 1. The molecule has 0 spiro atoms. The van der Waals surface area contributed by atoms with E-state index in [2.05, 4.69) is 0 Å². The van der Waals surface area contributed by atoms with Gasteiger partial charge in [0.2, 0.25) is 0 Å². The highest BCUT2D eigenvalue weighted by Gasteiger charge is 2.26. The van der Waals surface area contributed by atoms with Gasteiger partial charge in [-0.05, 0) is 46.0 Å². The molecule has 0 saturated carbocycles. The van der Waals surface area contributed by atoms with E-state index >= 15 is 0 Å². The van der Waals surface area contributed by atoms with Gasteiger partial charge in [-0.15, -0.1) is 0 Å². The number of carbonyl (C=O) groups excluding carboxylic acids is 1. The summed E-state index contributed by atoms with van der Waals surface area (Å²) in [5.74, 6) is 0.831. The van der Waals surface area contributed by atoms with Crippen LogP contribution in [0, 0.1) is 11.3 Å². The van der Waals surface area contributed by atoms with E-state index in [0.29, 0.717) is 12.3 Å². The van der Waals surface area contributed by atoms with E-state index < -0.39 is 5.60 Å². The number of rotatable bonds is 3. The van der Waals surface area contributed by atoms with Crippen molar-refractivity contribution in [1.29, 1.82) is 5.41 Å². The van der Waals surface area contributed by atoms with Crippen LogP contribution in [0.2, 0.25) is 0 Å². The third kappa shape index (κ3) is 5.38. The molecule has 0 atom stereocenters. The predicted molar refractivity (Wildman–Crippen MR) is 71.7 cm³/mol. The highest BCUT2D eigenvalue weighted by Crippen LogP contribution is 2.23. The predicted octanol–water partition coefficient (Wildman–Crippen LogP) is 2.35. The first kappa shape index (κ1) is 14.8. The lowest BCUT2D eigenvalue weighted by atomic mass is 9.92. The summed E-state index contributed by atoms with van der Waals surface area (Å²) in [6.45, 7) is 7.13. The molecule has 1 heterocycles. The van der Waals surface area contributed by atoms with Gasteiger partial charge in [0.25, 0.3) is 0 Å². The molecule has 18 heavy (non-hydrogen) atoms. The molecule has 1 aliphatic heterocycles. The molecule has 1 fully saturated rings. The summed E-state index contributed by atoms with van der Waals surface area (Å²) in [4.78, 5) is 13.6. The van der Waals surface area contributed by atoms with Crippen molar-refractivity contribution in [3.63, 3.8) is 0 Å². The third-order valence-corrected chi connectivity index (χ3v) is 3.09. The topological polar surface area (TPSA) is 79.4 Å². The molecule has 104 valence electrons. The number of hydrogen-bond acceptors (Lipinski definition) is 3. The maximum Gasteiger partial charge on any atom is 0.410 e. The molecule has 3 N–H and O–H groups in total. The van der Waals surface area contributed by atoms with E-state index in [0.717, 1.165) is 32.4 Å². The smallest absolute Gasteiger partial charge is 0.410 e. The molecule has 1 saturated heterocycles. The van der Waals surface area contributed by atoms with Gasteiger partial charge < -0.3 is 15.4 Å². The number of likely N-dealkylation sites (tertiary alicyclic amines) is 1. The average molecular weight is 255 g/mol. The molecule has 5 heteroatoms. The maximum atomic E-state index is 11.8. The molecule has 0 aromatic heterocycles. The Morgan fingerprint density at radius 2 is 1.94 bits per heavy atom. The van der Waals surface area contributed by atoms with Gasteiger partial charge in [0.15, 0.2) is 0 Å². The SMILES string of the molecule is CC(C)(C)OC(=O)N1CCC(CCC(=N)N)CC1. The quantitative estimate of drug-likeness (QED) is 0.600. The van der Waals surface area contributed by atoms with Crippen LogP contribution in [-0.4, -0.2) is 35.5 Å². The second kappa shape index (κ2) is 6.07. The van der Waals surface area contributed by atoms with E-state index in [1.165, 1.54) is 0 Å². The molecule has 1 amide bonds. The number of ether oxygens (including phenoxy) is 1. The minimum absolute atomic E-state index is 0.215. The van der Waals surface area contributed by atoms with Crippen LogP contribution in [0.3, 0.4) is 0 Å². The molecule has 0 aliphatic carbocycles. The van der Waals surface area contributed by atoms with Gasteiger partial charge in [0.1, 0.15) is 5.60 Å². The van der Waals surface area contributed by atoms with Gasteiger partial charge in [0, 0.05) is 19.5 Å². The Hall–Kier alpha value is -1.26. The molecule has 5 nitrogen and oxygen atoms in total. The first-order chi connectivity index (χ1) is 8.28. The number of nitrogens with two attached hydrogens (primary N) is 1. The Balaban J connectivity index is 2.30. The fourth-order valence-electron chi connectivity index (χ4n) is 2.09. The van der Waals surface area contributed by atoms with Crippen LogP contribution < -0.4 is 5.73 Å². The van der Waals surface area contributed by atoms with Crippen molar-refractivity contribution >= 4 is 11.9 Å². The number of hydrogen-bond donors (Lipinski definition) is 2. The molecule has 1 aliphatic rings. The van der Waals surface area contributed by atoms with E-state index in [9.17, 15) is 4.79 Å². The Kier molecular flexibility index (Phi) is 4.99. The Morgan fingerprint density at radius 1 is 1.39 bits per heavy atom. The molecule has 0 bridgehead atoms. The van der Waals surface area contributed by atoms with Gasteiger partial charge in [-0.25, -0.2) is 4.79 Å². The molecular weight excluding hydrogens is 230 g/mol. The van der Waals surface area contributed by atoms with Crippen LogP contribution in [0.1, 0.15) is 46.5 Å². The first-order valence-electron chi connectivity index (χ1n) is 6.59. The van der Waals surface area contributed by atoms with Crippen LogP contribution in [-0.2, 0) is 4.74 Å². The number of amides is 1. The first-order valence-corrected chi connectivity index (χ1v) is 6.59. The fraction of sp³-hybridized carbons (Fsp3) is 0.846. The maximum absolute atomic E-state index is 11.8. The highest BCUT2D eigenvalue weighted by atomic mass is 16.6. The lowest BCUT2D eigenvalue weighted by molar-refractivity contribution is 0.0182. The highest BCUT2D eigenvalue weighted by molar-refractivity contribution is 5.76. The second-order valence-corrected chi connectivity index (χ2v) is 5.97.